The lowest BCUT2D eigenvalue weighted by molar-refractivity contribution is 0.192. The summed E-state index contributed by atoms with van der Waals surface area (Å²) in [5.74, 6) is 1.26. The van der Waals surface area contributed by atoms with E-state index in [1.807, 2.05) is 72.3 Å². The summed E-state index contributed by atoms with van der Waals surface area (Å²) in [6.45, 7) is 2.53. The van der Waals surface area contributed by atoms with E-state index in [9.17, 15) is 0 Å². The van der Waals surface area contributed by atoms with Crippen LogP contribution in [0.5, 0.6) is 11.5 Å². The van der Waals surface area contributed by atoms with Crippen molar-refractivity contribution in [2.24, 2.45) is 0 Å². The molecule has 0 atom stereocenters. The lowest BCUT2D eigenvalue weighted by atomic mass is 10.3. The fraction of sp³-hybridized carbons (Fsp3) is 0.211. The first-order chi connectivity index (χ1) is 11.8. The molecule has 0 radical (unpaired) electrons. The first kappa shape index (κ1) is 16.1. The molecular formula is C19H20N2O3. The van der Waals surface area contributed by atoms with E-state index in [0.29, 0.717) is 18.1 Å². The summed E-state index contributed by atoms with van der Waals surface area (Å²) in [7, 11) is 0. The molecule has 1 aromatic heterocycles. The molecule has 0 spiro atoms. The maximum absolute atomic E-state index is 8.91. The normalized spacial score (nSPS) is 10.6. The predicted octanol–water partition coefficient (Wildman–Crippen LogP) is 3.13. The number of nitrogens with zero attached hydrogens (tertiary/aromatic N) is 2. The fourth-order valence-electron chi connectivity index (χ4n) is 2.44. The number of rotatable bonds is 7. The number of aryl methyl sites for hydroxylation is 1. The predicted molar refractivity (Wildman–Crippen MR) is 91.7 cm³/mol. The Labute approximate surface area is 141 Å². The van der Waals surface area contributed by atoms with Crippen LogP contribution < -0.4 is 9.47 Å². The second kappa shape index (κ2) is 7.66. The van der Waals surface area contributed by atoms with Gasteiger partial charge in [-0.1, -0.05) is 30.3 Å². The first-order valence-corrected chi connectivity index (χ1v) is 7.84. The Morgan fingerprint density at radius 1 is 0.958 bits per heavy atom. The largest absolute Gasteiger partial charge is 0.487 e. The third kappa shape index (κ3) is 3.75. The highest BCUT2D eigenvalue weighted by molar-refractivity contribution is 5.40. The Hall–Kier alpha value is -2.79. The lowest BCUT2D eigenvalue weighted by Crippen LogP contribution is -2.07. The van der Waals surface area contributed by atoms with Gasteiger partial charge in [0.05, 0.1) is 23.7 Å². The van der Waals surface area contributed by atoms with Crippen LogP contribution in [0.25, 0.3) is 5.69 Å². The molecule has 24 heavy (non-hydrogen) atoms. The Kier molecular flexibility index (Phi) is 5.13. The van der Waals surface area contributed by atoms with E-state index in [1.54, 1.807) is 0 Å². The van der Waals surface area contributed by atoms with Gasteiger partial charge in [-0.3, -0.25) is 0 Å². The molecule has 0 amide bonds. The van der Waals surface area contributed by atoms with Gasteiger partial charge in [-0.25, -0.2) is 4.68 Å². The van der Waals surface area contributed by atoms with Crippen LogP contribution in [-0.4, -0.2) is 28.1 Å². The maximum atomic E-state index is 8.91. The summed E-state index contributed by atoms with van der Waals surface area (Å²) in [6.07, 6.45) is 0. The van der Waals surface area contributed by atoms with Crippen LogP contribution in [0.2, 0.25) is 0 Å². The van der Waals surface area contributed by atoms with Gasteiger partial charge in [0.1, 0.15) is 13.2 Å². The van der Waals surface area contributed by atoms with Crippen LogP contribution in [0.15, 0.2) is 60.7 Å². The average Bonchev–Trinajstić information content (AvgIpc) is 3.00. The number of para-hydroxylation sites is 3. The van der Waals surface area contributed by atoms with Crippen molar-refractivity contribution in [3.8, 4) is 17.2 Å². The number of aromatic nitrogens is 2. The van der Waals surface area contributed by atoms with Crippen molar-refractivity contribution < 1.29 is 14.6 Å². The topological polar surface area (TPSA) is 56.5 Å². The Morgan fingerprint density at radius 3 is 2.33 bits per heavy atom. The van der Waals surface area contributed by atoms with Gasteiger partial charge in [-0.2, -0.15) is 5.10 Å². The molecule has 0 saturated heterocycles. The van der Waals surface area contributed by atoms with Crippen molar-refractivity contribution >= 4 is 0 Å². The summed E-state index contributed by atoms with van der Waals surface area (Å²) in [4.78, 5) is 0. The minimum Gasteiger partial charge on any atom is -0.487 e. The second-order valence-electron chi connectivity index (χ2n) is 5.33. The van der Waals surface area contributed by atoms with Crippen LogP contribution in [0.4, 0.5) is 0 Å². The van der Waals surface area contributed by atoms with Gasteiger partial charge < -0.3 is 14.6 Å². The van der Waals surface area contributed by atoms with Crippen LogP contribution in [0.3, 0.4) is 0 Å². The third-order valence-corrected chi connectivity index (χ3v) is 3.48. The van der Waals surface area contributed by atoms with Crippen molar-refractivity contribution in [2.75, 3.05) is 13.2 Å². The van der Waals surface area contributed by atoms with Crippen LogP contribution in [0, 0.1) is 6.92 Å². The van der Waals surface area contributed by atoms with Crippen molar-refractivity contribution in [2.45, 2.75) is 13.5 Å². The molecule has 124 valence electrons. The van der Waals surface area contributed by atoms with E-state index >= 15 is 0 Å². The summed E-state index contributed by atoms with van der Waals surface area (Å²) in [5, 5.41) is 13.5. The van der Waals surface area contributed by atoms with E-state index in [1.165, 1.54) is 0 Å². The molecule has 0 fully saturated rings. The lowest BCUT2D eigenvalue weighted by Gasteiger charge is -2.13. The number of hydrogen-bond acceptors (Lipinski definition) is 4. The SMILES string of the molecule is Cc1cc(COc2ccccc2OCCO)n(-c2ccccc2)n1. The van der Waals surface area contributed by atoms with Crippen molar-refractivity contribution in [3.63, 3.8) is 0 Å². The van der Waals surface area contributed by atoms with Crippen LogP contribution >= 0.6 is 0 Å². The van der Waals surface area contributed by atoms with Gasteiger partial charge in [0.2, 0.25) is 0 Å². The second-order valence-corrected chi connectivity index (χ2v) is 5.33. The molecule has 1 heterocycles. The summed E-state index contributed by atoms with van der Waals surface area (Å²) in [5.41, 5.74) is 2.88. The highest BCUT2D eigenvalue weighted by Gasteiger charge is 2.10. The zero-order valence-electron chi connectivity index (χ0n) is 13.6. The van der Waals surface area contributed by atoms with E-state index < -0.39 is 0 Å². The highest BCUT2D eigenvalue weighted by atomic mass is 16.5. The van der Waals surface area contributed by atoms with Gasteiger partial charge in [0.25, 0.3) is 0 Å². The van der Waals surface area contributed by atoms with E-state index in [4.69, 9.17) is 14.6 Å². The average molecular weight is 324 g/mol. The molecule has 0 aliphatic heterocycles. The minimum absolute atomic E-state index is 0.0334. The molecular weight excluding hydrogens is 304 g/mol. The van der Waals surface area contributed by atoms with Crippen molar-refractivity contribution in [1.29, 1.82) is 0 Å². The zero-order chi connectivity index (χ0) is 16.8. The Balaban J connectivity index is 1.79. The van der Waals surface area contributed by atoms with Gasteiger partial charge in [0, 0.05) is 0 Å². The molecule has 5 nitrogen and oxygen atoms in total. The molecule has 0 aliphatic carbocycles. The molecule has 2 aromatic carbocycles. The molecule has 0 saturated carbocycles. The molecule has 0 bridgehead atoms. The minimum atomic E-state index is -0.0334. The Bertz CT molecular complexity index is 784. The van der Waals surface area contributed by atoms with E-state index in [-0.39, 0.29) is 13.2 Å². The Morgan fingerprint density at radius 2 is 1.62 bits per heavy atom. The number of aliphatic hydroxyl groups is 1. The molecule has 0 aliphatic rings. The monoisotopic (exact) mass is 324 g/mol. The smallest absolute Gasteiger partial charge is 0.161 e. The summed E-state index contributed by atoms with van der Waals surface area (Å²) in [6, 6.07) is 19.4. The van der Waals surface area contributed by atoms with Crippen molar-refractivity contribution in [3.05, 3.63) is 72.1 Å². The number of benzene rings is 2. The standard InChI is InChI=1S/C19H20N2O3/c1-15-13-17(21(20-15)16-7-3-2-4-8-16)14-24-19-10-6-5-9-18(19)23-12-11-22/h2-10,13,22H,11-12,14H2,1H3. The maximum Gasteiger partial charge on any atom is 0.161 e. The molecule has 3 rings (SSSR count). The quantitative estimate of drug-likeness (QED) is 0.725. The summed E-state index contributed by atoms with van der Waals surface area (Å²) < 4.78 is 13.3. The van der Waals surface area contributed by atoms with E-state index in [0.717, 1.165) is 17.1 Å². The molecule has 3 aromatic rings. The number of ether oxygens (including phenoxy) is 2. The molecule has 0 unspecified atom stereocenters. The highest BCUT2D eigenvalue weighted by Crippen LogP contribution is 2.27. The van der Waals surface area contributed by atoms with Crippen LogP contribution in [0.1, 0.15) is 11.4 Å². The third-order valence-electron chi connectivity index (χ3n) is 3.48. The van der Waals surface area contributed by atoms with Crippen LogP contribution in [-0.2, 0) is 6.61 Å². The van der Waals surface area contributed by atoms with Gasteiger partial charge in [-0.05, 0) is 37.3 Å². The van der Waals surface area contributed by atoms with Gasteiger partial charge in [-0.15, -0.1) is 0 Å². The van der Waals surface area contributed by atoms with Crippen molar-refractivity contribution in [1.82, 2.24) is 9.78 Å². The number of aliphatic hydroxyl groups excluding tert-OH is 1. The fourth-order valence-corrected chi connectivity index (χ4v) is 2.44. The first-order valence-electron chi connectivity index (χ1n) is 7.84. The van der Waals surface area contributed by atoms with Gasteiger partial charge in [0.15, 0.2) is 11.5 Å². The van der Waals surface area contributed by atoms with E-state index in [2.05, 4.69) is 5.10 Å². The summed E-state index contributed by atoms with van der Waals surface area (Å²) >= 11 is 0. The zero-order valence-corrected chi connectivity index (χ0v) is 13.6. The molecule has 5 heteroatoms. The molecule has 1 N–H and O–H groups in total. The number of hydrogen-bond donors (Lipinski definition) is 1. The van der Waals surface area contributed by atoms with Gasteiger partial charge >= 0.3 is 0 Å².